The summed E-state index contributed by atoms with van der Waals surface area (Å²) >= 11 is 1.34. The summed E-state index contributed by atoms with van der Waals surface area (Å²) in [4.78, 5) is 18.0. The second-order valence-electron chi connectivity index (χ2n) is 9.33. The number of anilines is 2. The summed E-state index contributed by atoms with van der Waals surface area (Å²) in [6.45, 7) is 6.17. The van der Waals surface area contributed by atoms with Crippen molar-refractivity contribution in [1.29, 1.82) is 0 Å². The molecule has 184 valence electrons. The van der Waals surface area contributed by atoms with E-state index in [1.54, 1.807) is 4.68 Å². The van der Waals surface area contributed by atoms with Gasteiger partial charge in [-0.2, -0.15) is 4.68 Å². The van der Waals surface area contributed by atoms with Crippen LogP contribution < -0.4 is 10.2 Å². The van der Waals surface area contributed by atoms with Crippen LogP contribution in [0.4, 0.5) is 11.4 Å². The number of hydrogen-bond acceptors (Lipinski definition) is 7. The van der Waals surface area contributed by atoms with Gasteiger partial charge in [0.25, 0.3) is 0 Å². The van der Waals surface area contributed by atoms with Gasteiger partial charge in [-0.1, -0.05) is 61.4 Å². The fraction of sp³-hybridized carbons (Fsp3) is 0.462. The molecule has 2 heterocycles. The lowest BCUT2D eigenvalue weighted by Gasteiger charge is -2.42. The van der Waals surface area contributed by atoms with Crippen molar-refractivity contribution in [2.45, 2.75) is 50.2 Å². The zero-order valence-corrected chi connectivity index (χ0v) is 21.1. The summed E-state index contributed by atoms with van der Waals surface area (Å²) in [5.74, 6) is 0.165. The number of nitrogens with one attached hydrogen (secondary N) is 1. The molecule has 1 N–H and O–H groups in total. The summed E-state index contributed by atoms with van der Waals surface area (Å²) in [5, 5.41) is 15.8. The average molecular weight is 492 g/mol. The first-order chi connectivity index (χ1) is 17.2. The maximum Gasteiger partial charge on any atom is 0.234 e. The van der Waals surface area contributed by atoms with Gasteiger partial charge in [0.15, 0.2) is 0 Å². The van der Waals surface area contributed by atoms with Crippen molar-refractivity contribution in [2.75, 3.05) is 42.1 Å². The van der Waals surface area contributed by atoms with Crippen LogP contribution in [0.1, 0.15) is 37.7 Å². The number of hydrogen-bond donors (Lipinski definition) is 1. The summed E-state index contributed by atoms with van der Waals surface area (Å²) in [6.07, 6.45) is 6.82. The van der Waals surface area contributed by atoms with Crippen molar-refractivity contribution in [3.63, 3.8) is 0 Å². The first kappa shape index (κ1) is 23.8. The van der Waals surface area contributed by atoms with Gasteiger partial charge in [-0.15, -0.1) is 5.10 Å². The number of piperazine rings is 1. The van der Waals surface area contributed by atoms with Crippen molar-refractivity contribution in [3.8, 4) is 5.69 Å². The summed E-state index contributed by atoms with van der Waals surface area (Å²) in [7, 11) is 0. The van der Waals surface area contributed by atoms with Crippen LogP contribution in [0.5, 0.6) is 0 Å². The molecule has 2 aliphatic rings. The van der Waals surface area contributed by atoms with Crippen molar-refractivity contribution in [3.05, 3.63) is 54.1 Å². The molecule has 1 aromatic heterocycles. The first-order valence-corrected chi connectivity index (χ1v) is 13.5. The van der Waals surface area contributed by atoms with E-state index in [-0.39, 0.29) is 11.7 Å². The fourth-order valence-electron chi connectivity index (χ4n) is 5.17. The van der Waals surface area contributed by atoms with Crippen LogP contribution in [0.15, 0.2) is 53.7 Å². The molecule has 0 unspecified atom stereocenters. The van der Waals surface area contributed by atoms with Crippen molar-refractivity contribution < 1.29 is 4.79 Å². The molecule has 9 heteroatoms. The summed E-state index contributed by atoms with van der Waals surface area (Å²) in [5.41, 5.74) is 3.95. The number of benzene rings is 2. The molecule has 35 heavy (non-hydrogen) atoms. The van der Waals surface area contributed by atoms with Gasteiger partial charge in [-0.25, -0.2) is 0 Å². The van der Waals surface area contributed by atoms with Gasteiger partial charge in [-0.05, 0) is 54.0 Å². The van der Waals surface area contributed by atoms with E-state index in [0.29, 0.717) is 5.16 Å². The van der Waals surface area contributed by atoms with Crippen molar-refractivity contribution in [2.24, 2.45) is 0 Å². The SMILES string of the molecule is Cc1ccccc1-n1nnnc1SCC(=O)Nc1ccccc1N1CCN(C2CCCCC2)CC1. The number of aryl methyl sites for hydroxylation is 1. The zero-order valence-electron chi connectivity index (χ0n) is 20.3. The number of nitrogens with zero attached hydrogens (tertiary/aromatic N) is 6. The normalized spacial score (nSPS) is 17.5. The third-order valence-electron chi connectivity index (χ3n) is 7.04. The highest BCUT2D eigenvalue weighted by molar-refractivity contribution is 7.99. The summed E-state index contributed by atoms with van der Waals surface area (Å²) < 4.78 is 1.69. The van der Waals surface area contributed by atoms with Crippen LogP contribution in [-0.2, 0) is 4.79 Å². The highest BCUT2D eigenvalue weighted by atomic mass is 32.2. The second-order valence-corrected chi connectivity index (χ2v) is 10.3. The van der Waals surface area contributed by atoms with Crippen LogP contribution >= 0.6 is 11.8 Å². The Morgan fingerprint density at radius 1 is 0.971 bits per heavy atom. The molecule has 0 spiro atoms. The van der Waals surface area contributed by atoms with Gasteiger partial charge in [0, 0.05) is 32.2 Å². The number of carbonyl (C=O) groups excluding carboxylic acids is 1. The zero-order chi connectivity index (χ0) is 24.0. The van der Waals surface area contributed by atoms with E-state index in [2.05, 4.69) is 36.7 Å². The number of aromatic nitrogens is 4. The average Bonchev–Trinajstić information content (AvgIpc) is 3.37. The van der Waals surface area contributed by atoms with Gasteiger partial charge < -0.3 is 10.2 Å². The standard InChI is InChI=1S/C26H33N7OS/c1-20-9-5-7-13-23(20)33-26(28-29-30-33)35-19-25(34)27-22-12-6-8-14-24(22)32-17-15-31(16-18-32)21-10-3-2-4-11-21/h5-9,12-14,21H,2-4,10-11,15-19H2,1H3,(H,27,34). The predicted molar refractivity (Wildman–Crippen MR) is 140 cm³/mol. The number of amides is 1. The Kier molecular flexibility index (Phi) is 7.63. The molecule has 2 fully saturated rings. The minimum atomic E-state index is -0.0670. The van der Waals surface area contributed by atoms with E-state index in [1.165, 1.54) is 43.9 Å². The maximum atomic E-state index is 12.9. The molecular formula is C26H33N7OS. The van der Waals surface area contributed by atoms with Crippen LogP contribution in [0.2, 0.25) is 0 Å². The van der Waals surface area contributed by atoms with E-state index in [9.17, 15) is 4.79 Å². The molecule has 3 aromatic rings. The Bertz CT molecular complexity index is 1140. The molecule has 2 aromatic carbocycles. The largest absolute Gasteiger partial charge is 0.367 e. The third-order valence-corrected chi connectivity index (χ3v) is 7.96. The molecule has 0 atom stereocenters. The lowest BCUT2D eigenvalue weighted by molar-refractivity contribution is -0.113. The number of para-hydroxylation sites is 3. The molecule has 1 amide bonds. The minimum absolute atomic E-state index is 0.0670. The second kappa shape index (κ2) is 11.2. The van der Waals surface area contributed by atoms with Crippen LogP contribution in [0, 0.1) is 6.92 Å². The highest BCUT2D eigenvalue weighted by Crippen LogP contribution is 2.29. The predicted octanol–water partition coefficient (Wildman–Crippen LogP) is 4.16. The number of carbonyl (C=O) groups is 1. The molecule has 0 radical (unpaired) electrons. The van der Waals surface area contributed by atoms with E-state index in [1.807, 2.05) is 49.4 Å². The van der Waals surface area contributed by atoms with E-state index in [0.717, 1.165) is 54.8 Å². The Labute approximate surface area is 211 Å². The van der Waals surface area contributed by atoms with Gasteiger partial charge in [-0.3, -0.25) is 9.69 Å². The lowest BCUT2D eigenvalue weighted by atomic mass is 9.94. The number of tetrazole rings is 1. The first-order valence-electron chi connectivity index (χ1n) is 12.5. The lowest BCUT2D eigenvalue weighted by Crippen LogP contribution is -2.51. The Morgan fingerprint density at radius 2 is 1.69 bits per heavy atom. The number of thioether (sulfide) groups is 1. The molecule has 1 saturated heterocycles. The molecule has 1 saturated carbocycles. The molecule has 8 nitrogen and oxygen atoms in total. The number of rotatable bonds is 7. The monoisotopic (exact) mass is 491 g/mol. The molecule has 1 aliphatic carbocycles. The minimum Gasteiger partial charge on any atom is -0.367 e. The highest BCUT2D eigenvalue weighted by Gasteiger charge is 2.26. The molecule has 0 bridgehead atoms. The fourth-order valence-corrected chi connectivity index (χ4v) is 5.85. The molecule has 5 rings (SSSR count). The van der Waals surface area contributed by atoms with E-state index in [4.69, 9.17) is 0 Å². The quantitative estimate of drug-likeness (QED) is 0.497. The topological polar surface area (TPSA) is 79.2 Å². The summed E-state index contributed by atoms with van der Waals surface area (Å²) in [6, 6.07) is 16.8. The molecular weight excluding hydrogens is 458 g/mol. The maximum absolute atomic E-state index is 12.9. The smallest absolute Gasteiger partial charge is 0.234 e. The Morgan fingerprint density at radius 3 is 2.46 bits per heavy atom. The third kappa shape index (κ3) is 5.67. The Hall–Kier alpha value is -2.91. The van der Waals surface area contributed by atoms with Crippen molar-refractivity contribution >= 4 is 29.0 Å². The van der Waals surface area contributed by atoms with Crippen LogP contribution in [-0.4, -0.2) is 69.0 Å². The van der Waals surface area contributed by atoms with Crippen LogP contribution in [0.25, 0.3) is 5.69 Å². The van der Waals surface area contributed by atoms with Gasteiger partial charge >= 0.3 is 0 Å². The van der Waals surface area contributed by atoms with Gasteiger partial charge in [0.05, 0.1) is 22.8 Å². The van der Waals surface area contributed by atoms with Crippen molar-refractivity contribution in [1.82, 2.24) is 25.1 Å². The molecule has 1 aliphatic heterocycles. The van der Waals surface area contributed by atoms with Gasteiger partial charge in [0.1, 0.15) is 0 Å². The van der Waals surface area contributed by atoms with Crippen LogP contribution in [0.3, 0.4) is 0 Å². The van der Waals surface area contributed by atoms with E-state index < -0.39 is 0 Å². The van der Waals surface area contributed by atoms with Gasteiger partial charge in [0.2, 0.25) is 11.1 Å². The Balaban J connectivity index is 1.19. The van der Waals surface area contributed by atoms with E-state index >= 15 is 0 Å².